The second-order valence-corrected chi connectivity index (χ2v) is 5.91. The average molecular weight is 349 g/mol. The second-order valence-electron chi connectivity index (χ2n) is 4.88. The number of benzene rings is 1. The van der Waals surface area contributed by atoms with Crippen molar-refractivity contribution in [2.75, 3.05) is 28.4 Å². The van der Waals surface area contributed by atoms with E-state index in [1.54, 1.807) is 39.7 Å². The van der Waals surface area contributed by atoms with Gasteiger partial charge in [0, 0.05) is 30.1 Å². The predicted octanol–water partition coefficient (Wildman–Crippen LogP) is 2.64. The molecule has 7 heteroatoms. The molecule has 1 heterocycles. The van der Waals surface area contributed by atoms with Crippen molar-refractivity contribution in [3.8, 4) is 17.2 Å². The molecule has 0 atom stereocenters. The molecule has 2 N–H and O–H groups in total. The lowest BCUT2D eigenvalue weighted by Gasteiger charge is -2.16. The molecule has 130 valence electrons. The largest absolute Gasteiger partial charge is 0.496 e. The van der Waals surface area contributed by atoms with Crippen molar-refractivity contribution in [3.05, 3.63) is 40.1 Å². The summed E-state index contributed by atoms with van der Waals surface area (Å²) in [6.45, 7) is 1.29. The van der Waals surface area contributed by atoms with Crippen molar-refractivity contribution < 1.29 is 14.2 Å². The zero-order chi connectivity index (χ0) is 17.4. The van der Waals surface area contributed by atoms with Gasteiger partial charge in [-0.25, -0.2) is 0 Å². The first-order valence-electron chi connectivity index (χ1n) is 7.47. The van der Waals surface area contributed by atoms with Crippen molar-refractivity contribution in [2.45, 2.75) is 13.1 Å². The first-order chi connectivity index (χ1) is 11.7. The van der Waals surface area contributed by atoms with E-state index in [0.29, 0.717) is 18.0 Å². The molecule has 0 aliphatic rings. The van der Waals surface area contributed by atoms with Gasteiger partial charge >= 0.3 is 0 Å². The van der Waals surface area contributed by atoms with E-state index >= 15 is 0 Å². The summed E-state index contributed by atoms with van der Waals surface area (Å²) in [5, 5.41) is 8.62. The van der Waals surface area contributed by atoms with Crippen LogP contribution in [0.3, 0.4) is 0 Å². The quantitative estimate of drug-likeness (QED) is 0.594. The van der Waals surface area contributed by atoms with Gasteiger partial charge < -0.3 is 24.8 Å². The van der Waals surface area contributed by atoms with Crippen molar-refractivity contribution in [1.82, 2.24) is 10.6 Å². The molecule has 0 fully saturated rings. The molecule has 2 aromatic rings. The van der Waals surface area contributed by atoms with Crippen molar-refractivity contribution in [1.29, 1.82) is 0 Å². The van der Waals surface area contributed by atoms with Gasteiger partial charge in [0.1, 0.15) is 5.75 Å². The fraction of sp³-hybridized carbons (Fsp3) is 0.353. The summed E-state index contributed by atoms with van der Waals surface area (Å²) in [7, 11) is 6.60. The van der Waals surface area contributed by atoms with Crippen LogP contribution in [0.15, 0.2) is 34.6 Å². The molecule has 0 saturated carbocycles. The maximum atomic E-state index is 5.44. The number of nitrogens with zero attached hydrogens (tertiary/aromatic N) is 1. The van der Waals surface area contributed by atoms with Crippen LogP contribution >= 0.6 is 11.3 Å². The minimum atomic E-state index is 0.549. The Balaban J connectivity index is 2.03. The summed E-state index contributed by atoms with van der Waals surface area (Å²) < 4.78 is 16.1. The Morgan fingerprint density at radius 3 is 2.25 bits per heavy atom. The van der Waals surface area contributed by atoms with Crippen LogP contribution in [0.1, 0.15) is 10.4 Å². The smallest absolute Gasteiger partial charge is 0.191 e. The number of guanidine groups is 1. The third kappa shape index (κ3) is 4.55. The Labute approximate surface area is 146 Å². The summed E-state index contributed by atoms with van der Waals surface area (Å²) >= 11 is 1.71. The van der Waals surface area contributed by atoms with Crippen LogP contribution in [0.2, 0.25) is 0 Å². The van der Waals surface area contributed by atoms with E-state index in [2.05, 4.69) is 27.1 Å². The van der Waals surface area contributed by atoms with Crippen LogP contribution < -0.4 is 24.8 Å². The summed E-state index contributed by atoms with van der Waals surface area (Å²) in [5.41, 5.74) is 0.953. The lowest BCUT2D eigenvalue weighted by Crippen LogP contribution is -2.36. The van der Waals surface area contributed by atoms with Gasteiger partial charge in [-0.3, -0.25) is 4.99 Å². The first-order valence-corrected chi connectivity index (χ1v) is 8.35. The van der Waals surface area contributed by atoms with Gasteiger partial charge in [-0.1, -0.05) is 6.07 Å². The lowest BCUT2D eigenvalue weighted by atomic mass is 10.1. The zero-order valence-corrected chi connectivity index (χ0v) is 15.2. The maximum absolute atomic E-state index is 5.44. The molecule has 0 aliphatic heterocycles. The molecule has 1 aromatic heterocycles. The lowest BCUT2D eigenvalue weighted by molar-refractivity contribution is 0.347. The number of hydrogen-bond donors (Lipinski definition) is 2. The second kappa shape index (κ2) is 9.02. The minimum Gasteiger partial charge on any atom is -0.496 e. The van der Waals surface area contributed by atoms with Gasteiger partial charge in [0.05, 0.1) is 27.9 Å². The fourth-order valence-electron chi connectivity index (χ4n) is 2.21. The number of aliphatic imine (C=N–C) groups is 1. The highest BCUT2D eigenvalue weighted by atomic mass is 32.1. The third-order valence-electron chi connectivity index (χ3n) is 3.47. The fourth-order valence-corrected chi connectivity index (χ4v) is 2.86. The Bertz CT molecular complexity index is 672. The molecule has 2 rings (SSSR count). The van der Waals surface area contributed by atoms with Crippen molar-refractivity contribution in [3.63, 3.8) is 0 Å². The summed E-state index contributed by atoms with van der Waals surface area (Å²) in [6.07, 6.45) is 0. The van der Waals surface area contributed by atoms with E-state index in [0.717, 1.165) is 23.8 Å². The number of methoxy groups -OCH3 is 3. The number of hydrogen-bond acceptors (Lipinski definition) is 5. The highest BCUT2D eigenvalue weighted by Gasteiger charge is 2.12. The van der Waals surface area contributed by atoms with E-state index < -0.39 is 0 Å². The molecule has 0 unspecified atom stereocenters. The molecule has 1 aromatic carbocycles. The van der Waals surface area contributed by atoms with E-state index in [1.807, 2.05) is 18.2 Å². The predicted molar refractivity (Wildman–Crippen MR) is 97.5 cm³/mol. The van der Waals surface area contributed by atoms with Crippen LogP contribution in [0.4, 0.5) is 0 Å². The molecule has 24 heavy (non-hydrogen) atoms. The van der Waals surface area contributed by atoms with E-state index in [9.17, 15) is 0 Å². The number of rotatable bonds is 7. The molecular weight excluding hydrogens is 326 g/mol. The average Bonchev–Trinajstić information content (AvgIpc) is 3.14. The van der Waals surface area contributed by atoms with Crippen LogP contribution in [0.25, 0.3) is 0 Å². The summed E-state index contributed by atoms with van der Waals surface area (Å²) in [4.78, 5) is 5.49. The molecule has 0 amide bonds. The minimum absolute atomic E-state index is 0.549. The van der Waals surface area contributed by atoms with Crippen LogP contribution in [-0.4, -0.2) is 34.3 Å². The van der Waals surface area contributed by atoms with Gasteiger partial charge in [0.2, 0.25) is 0 Å². The zero-order valence-electron chi connectivity index (χ0n) is 14.4. The standard InChI is InChI=1S/C17H23N3O3S/c1-18-17(20-11-13-6-5-7-24-13)19-10-12-8-15(22-3)16(23-4)9-14(12)21-2/h5-9H,10-11H2,1-4H3,(H2,18,19,20). The molecule has 0 aliphatic carbocycles. The van der Waals surface area contributed by atoms with E-state index in [4.69, 9.17) is 14.2 Å². The third-order valence-corrected chi connectivity index (χ3v) is 4.34. The van der Waals surface area contributed by atoms with Gasteiger partial charge in [-0.15, -0.1) is 11.3 Å². The van der Waals surface area contributed by atoms with Gasteiger partial charge in [-0.2, -0.15) is 0 Å². The normalized spacial score (nSPS) is 11.1. The van der Waals surface area contributed by atoms with Crippen molar-refractivity contribution in [2.24, 2.45) is 4.99 Å². The van der Waals surface area contributed by atoms with Crippen molar-refractivity contribution >= 4 is 17.3 Å². The number of thiophene rings is 1. The molecule has 0 spiro atoms. The highest BCUT2D eigenvalue weighted by Crippen LogP contribution is 2.34. The molecule has 0 radical (unpaired) electrons. The van der Waals surface area contributed by atoms with Crippen LogP contribution in [0, 0.1) is 0 Å². The van der Waals surface area contributed by atoms with Gasteiger partial charge in [-0.05, 0) is 17.5 Å². The number of ether oxygens (including phenoxy) is 3. The van der Waals surface area contributed by atoms with Crippen LogP contribution in [0.5, 0.6) is 17.2 Å². The Kier molecular flexibility index (Phi) is 6.74. The number of nitrogens with one attached hydrogen (secondary N) is 2. The van der Waals surface area contributed by atoms with Crippen LogP contribution in [-0.2, 0) is 13.1 Å². The Morgan fingerprint density at radius 2 is 1.67 bits per heavy atom. The van der Waals surface area contributed by atoms with E-state index in [1.165, 1.54) is 4.88 Å². The monoisotopic (exact) mass is 349 g/mol. The molecule has 0 saturated heterocycles. The molecule has 0 bridgehead atoms. The Hall–Kier alpha value is -2.41. The SMILES string of the molecule is CN=C(NCc1cccs1)NCc1cc(OC)c(OC)cc1OC. The molecule has 6 nitrogen and oxygen atoms in total. The maximum Gasteiger partial charge on any atom is 0.191 e. The topological polar surface area (TPSA) is 64.1 Å². The molecular formula is C17H23N3O3S. The summed E-state index contributed by atoms with van der Waals surface area (Å²) in [5.74, 6) is 2.75. The van der Waals surface area contributed by atoms with E-state index in [-0.39, 0.29) is 0 Å². The van der Waals surface area contributed by atoms with Gasteiger partial charge in [0.25, 0.3) is 0 Å². The van der Waals surface area contributed by atoms with Gasteiger partial charge in [0.15, 0.2) is 17.5 Å². The highest BCUT2D eigenvalue weighted by molar-refractivity contribution is 7.09. The summed E-state index contributed by atoms with van der Waals surface area (Å²) in [6, 6.07) is 7.84. The first kappa shape index (κ1) is 17.9. The Morgan fingerprint density at radius 1 is 1.00 bits per heavy atom.